The van der Waals surface area contributed by atoms with Crippen molar-refractivity contribution in [1.29, 1.82) is 0 Å². The van der Waals surface area contributed by atoms with Gasteiger partial charge in [0.25, 0.3) is 5.91 Å². The molecule has 160 valence electrons. The van der Waals surface area contributed by atoms with E-state index in [-0.39, 0.29) is 11.8 Å². The molecule has 3 rings (SSSR count). The summed E-state index contributed by atoms with van der Waals surface area (Å²) in [5.41, 5.74) is 0.680. The van der Waals surface area contributed by atoms with Gasteiger partial charge in [-0.05, 0) is 49.9 Å². The second kappa shape index (κ2) is 10.6. The molecule has 0 saturated carbocycles. The molecule has 0 unspecified atom stereocenters. The minimum atomic E-state index is 0.0442. The zero-order valence-corrected chi connectivity index (χ0v) is 17.8. The third-order valence-electron chi connectivity index (χ3n) is 6.05. The Morgan fingerprint density at radius 1 is 1.07 bits per heavy atom. The normalized spacial score (nSPS) is 20.0. The first kappa shape index (κ1) is 21.6. The van der Waals surface area contributed by atoms with Crippen LogP contribution in [0.5, 0.6) is 5.75 Å². The van der Waals surface area contributed by atoms with Crippen molar-refractivity contribution < 1.29 is 19.1 Å². The Morgan fingerprint density at radius 2 is 1.76 bits per heavy atom. The van der Waals surface area contributed by atoms with E-state index in [2.05, 4.69) is 13.8 Å². The largest absolute Gasteiger partial charge is 0.493 e. The van der Waals surface area contributed by atoms with Crippen molar-refractivity contribution in [2.75, 3.05) is 46.0 Å². The molecule has 1 atom stereocenters. The predicted molar refractivity (Wildman–Crippen MR) is 112 cm³/mol. The number of likely N-dealkylation sites (tertiary alicyclic amines) is 1. The fourth-order valence-corrected chi connectivity index (χ4v) is 4.15. The van der Waals surface area contributed by atoms with Crippen LogP contribution in [-0.2, 0) is 9.53 Å². The van der Waals surface area contributed by atoms with Crippen LogP contribution in [0.1, 0.15) is 49.9 Å². The van der Waals surface area contributed by atoms with Crippen LogP contribution < -0.4 is 4.74 Å². The standard InChI is InChI=1S/C23H34N2O4/c1-3-19(4-2)22(26)25-11-5-6-18(16-25)17-29-21-9-7-20(8-10-21)23(27)24-12-14-28-15-13-24/h7-10,18-19H,3-6,11-17H2,1-2H3/t18-/m1/s1. The molecule has 2 heterocycles. The number of rotatable bonds is 7. The summed E-state index contributed by atoms with van der Waals surface area (Å²) < 4.78 is 11.3. The van der Waals surface area contributed by atoms with Crippen molar-refractivity contribution in [3.8, 4) is 5.75 Å². The Kier molecular flexibility index (Phi) is 7.92. The number of morpholine rings is 1. The van der Waals surface area contributed by atoms with E-state index in [0.717, 1.165) is 44.5 Å². The zero-order chi connectivity index (χ0) is 20.6. The van der Waals surface area contributed by atoms with Crippen molar-refractivity contribution in [2.24, 2.45) is 11.8 Å². The summed E-state index contributed by atoms with van der Waals surface area (Å²) in [5.74, 6) is 1.61. The fourth-order valence-electron chi connectivity index (χ4n) is 4.15. The highest BCUT2D eigenvalue weighted by Crippen LogP contribution is 2.22. The number of carbonyl (C=O) groups is 2. The van der Waals surface area contributed by atoms with Gasteiger partial charge in [-0.1, -0.05) is 13.8 Å². The summed E-state index contributed by atoms with van der Waals surface area (Å²) >= 11 is 0. The van der Waals surface area contributed by atoms with E-state index in [1.165, 1.54) is 0 Å². The number of amides is 2. The molecule has 2 fully saturated rings. The van der Waals surface area contributed by atoms with Gasteiger partial charge in [-0.15, -0.1) is 0 Å². The van der Waals surface area contributed by atoms with E-state index >= 15 is 0 Å². The van der Waals surface area contributed by atoms with Gasteiger partial charge in [-0.2, -0.15) is 0 Å². The van der Waals surface area contributed by atoms with Crippen molar-refractivity contribution in [3.63, 3.8) is 0 Å². The molecule has 0 N–H and O–H groups in total. The van der Waals surface area contributed by atoms with Gasteiger partial charge in [-0.3, -0.25) is 9.59 Å². The fraction of sp³-hybridized carbons (Fsp3) is 0.652. The van der Waals surface area contributed by atoms with Crippen LogP contribution in [0, 0.1) is 11.8 Å². The second-order valence-corrected chi connectivity index (χ2v) is 8.05. The summed E-state index contributed by atoms with van der Waals surface area (Å²) in [5, 5.41) is 0. The number of piperidine rings is 1. The van der Waals surface area contributed by atoms with E-state index < -0.39 is 0 Å². The highest BCUT2D eigenvalue weighted by atomic mass is 16.5. The Balaban J connectivity index is 1.49. The summed E-state index contributed by atoms with van der Waals surface area (Å²) in [6, 6.07) is 7.39. The van der Waals surface area contributed by atoms with Gasteiger partial charge >= 0.3 is 0 Å². The third kappa shape index (κ3) is 5.72. The summed E-state index contributed by atoms with van der Waals surface area (Å²) in [4.78, 5) is 29.0. The van der Waals surface area contributed by atoms with Gasteiger partial charge in [0.2, 0.25) is 5.91 Å². The van der Waals surface area contributed by atoms with E-state index in [4.69, 9.17) is 9.47 Å². The van der Waals surface area contributed by atoms with Crippen LogP contribution in [0.2, 0.25) is 0 Å². The van der Waals surface area contributed by atoms with E-state index in [1.807, 2.05) is 34.1 Å². The van der Waals surface area contributed by atoms with Crippen LogP contribution in [0.4, 0.5) is 0 Å². The Bertz CT molecular complexity index is 666. The summed E-state index contributed by atoms with van der Waals surface area (Å²) in [6.45, 7) is 8.91. The van der Waals surface area contributed by atoms with Crippen molar-refractivity contribution in [3.05, 3.63) is 29.8 Å². The topological polar surface area (TPSA) is 59.1 Å². The molecule has 29 heavy (non-hydrogen) atoms. The lowest BCUT2D eigenvalue weighted by atomic mass is 9.95. The van der Waals surface area contributed by atoms with Crippen LogP contribution in [0.25, 0.3) is 0 Å². The summed E-state index contributed by atoms with van der Waals surface area (Å²) in [6.07, 6.45) is 3.93. The molecule has 1 aromatic carbocycles. The van der Waals surface area contributed by atoms with Crippen molar-refractivity contribution in [1.82, 2.24) is 9.80 Å². The van der Waals surface area contributed by atoms with Crippen LogP contribution in [0.15, 0.2) is 24.3 Å². The summed E-state index contributed by atoms with van der Waals surface area (Å²) in [7, 11) is 0. The predicted octanol–water partition coefficient (Wildman–Crippen LogP) is 3.21. The molecule has 2 aliphatic heterocycles. The van der Waals surface area contributed by atoms with Crippen molar-refractivity contribution >= 4 is 11.8 Å². The number of hydrogen-bond acceptors (Lipinski definition) is 4. The molecule has 1 aromatic rings. The lowest BCUT2D eigenvalue weighted by Gasteiger charge is -2.34. The average molecular weight is 403 g/mol. The van der Waals surface area contributed by atoms with E-state index in [9.17, 15) is 9.59 Å². The highest BCUT2D eigenvalue weighted by Gasteiger charge is 2.27. The van der Waals surface area contributed by atoms with Gasteiger partial charge in [0.1, 0.15) is 5.75 Å². The van der Waals surface area contributed by atoms with E-state index in [1.54, 1.807) is 0 Å². The molecule has 0 aromatic heterocycles. The maximum Gasteiger partial charge on any atom is 0.254 e. The first-order valence-corrected chi connectivity index (χ1v) is 11.0. The number of nitrogens with zero attached hydrogens (tertiary/aromatic N) is 2. The Hall–Kier alpha value is -2.08. The number of benzene rings is 1. The maximum absolute atomic E-state index is 12.7. The van der Waals surface area contributed by atoms with Crippen LogP contribution >= 0.6 is 0 Å². The molecular formula is C23H34N2O4. The van der Waals surface area contributed by atoms with Gasteiger partial charge in [0.05, 0.1) is 19.8 Å². The molecule has 0 aliphatic carbocycles. The molecule has 2 amide bonds. The smallest absolute Gasteiger partial charge is 0.254 e. The minimum absolute atomic E-state index is 0.0442. The Morgan fingerprint density at radius 3 is 2.41 bits per heavy atom. The molecule has 2 saturated heterocycles. The molecule has 6 heteroatoms. The van der Waals surface area contributed by atoms with Gasteiger partial charge in [-0.25, -0.2) is 0 Å². The molecule has 0 radical (unpaired) electrons. The quantitative estimate of drug-likeness (QED) is 0.703. The molecule has 0 spiro atoms. The molecule has 6 nitrogen and oxygen atoms in total. The zero-order valence-electron chi connectivity index (χ0n) is 17.8. The lowest BCUT2D eigenvalue weighted by Crippen LogP contribution is -2.44. The first-order valence-electron chi connectivity index (χ1n) is 11.0. The lowest BCUT2D eigenvalue weighted by molar-refractivity contribution is -0.137. The van der Waals surface area contributed by atoms with E-state index in [0.29, 0.717) is 50.3 Å². The number of carbonyl (C=O) groups excluding carboxylic acids is 2. The Labute approximate surface area is 174 Å². The van der Waals surface area contributed by atoms with Crippen LogP contribution in [0.3, 0.4) is 0 Å². The minimum Gasteiger partial charge on any atom is -0.493 e. The number of ether oxygens (including phenoxy) is 2. The first-order chi connectivity index (χ1) is 14.1. The SMILES string of the molecule is CCC(CC)C(=O)N1CCC[C@@H](COc2ccc(C(=O)N3CCOCC3)cc2)C1. The number of hydrogen-bond donors (Lipinski definition) is 0. The van der Waals surface area contributed by atoms with Crippen LogP contribution in [-0.4, -0.2) is 67.6 Å². The van der Waals surface area contributed by atoms with Gasteiger partial charge < -0.3 is 19.3 Å². The molecule has 0 bridgehead atoms. The molecular weight excluding hydrogens is 368 g/mol. The van der Waals surface area contributed by atoms with Gasteiger partial charge in [0.15, 0.2) is 0 Å². The average Bonchev–Trinajstić information content (AvgIpc) is 2.79. The van der Waals surface area contributed by atoms with Crippen molar-refractivity contribution in [2.45, 2.75) is 39.5 Å². The second-order valence-electron chi connectivity index (χ2n) is 8.05. The van der Waals surface area contributed by atoms with Gasteiger partial charge in [0, 0.05) is 43.6 Å². The molecule has 2 aliphatic rings. The highest BCUT2D eigenvalue weighted by molar-refractivity contribution is 5.94. The maximum atomic E-state index is 12.7. The third-order valence-corrected chi connectivity index (χ3v) is 6.05. The monoisotopic (exact) mass is 402 g/mol.